The predicted octanol–water partition coefficient (Wildman–Crippen LogP) is 2.42. The molecule has 2 rings (SSSR count). The minimum absolute atomic E-state index is 0.300. The first kappa shape index (κ1) is 13.8. The smallest absolute Gasteiger partial charge is 0.339 e. The molecule has 0 spiro atoms. The van der Waals surface area contributed by atoms with E-state index in [9.17, 15) is 9.90 Å². The fraction of sp³-hybridized carbons (Fsp3) is 0.643. The summed E-state index contributed by atoms with van der Waals surface area (Å²) < 4.78 is 0. The van der Waals surface area contributed by atoms with E-state index in [1.807, 2.05) is 11.8 Å². The Bertz CT molecular complexity index is 484. The van der Waals surface area contributed by atoms with Crippen molar-refractivity contribution in [1.82, 2.24) is 10.2 Å². The van der Waals surface area contributed by atoms with Crippen molar-refractivity contribution in [3.8, 4) is 0 Å². The van der Waals surface area contributed by atoms with Crippen LogP contribution in [-0.2, 0) is 0 Å². The summed E-state index contributed by atoms with van der Waals surface area (Å²) in [7, 11) is 0. The van der Waals surface area contributed by atoms with Gasteiger partial charge in [0.15, 0.2) is 5.82 Å². The number of hydrogen-bond acceptors (Lipinski definition) is 4. The number of nitrogens with zero attached hydrogens (tertiary/aromatic N) is 3. The molecule has 104 valence electrons. The van der Waals surface area contributed by atoms with Crippen molar-refractivity contribution >= 4 is 11.8 Å². The molecule has 1 aromatic heterocycles. The number of carboxylic acid groups (broad SMARTS) is 1. The molecule has 5 heteroatoms. The number of aromatic carboxylic acids is 1. The molecule has 1 fully saturated rings. The van der Waals surface area contributed by atoms with Crippen LogP contribution >= 0.6 is 0 Å². The van der Waals surface area contributed by atoms with Gasteiger partial charge in [0.05, 0.1) is 5.69 Å². The van der Waals surface area contributed by atoms with Gasteiger partial charge in [0.1, 0.15) is 5.56 Å². The van der Waals surface area contributed by atoms with Gasteiger partial charge in [-0.2, -0.15) is 5.10 Å². The third kappa shape index (κ3) is 2.69. The van der Waals surface area contributed by atoms with Crippen molar-refractivity contribution in [1.29, 1.82) is 0 Å². The number of carbonyl (C=O) groups is 1. The number of anilines is 1. The summed E-state index contributed by atoms with van der Waals surface area (Å²) in [6.07, 6.45) is 3.75. The molecule has 0 unspecified atom stereocenters. The Morgan fingerprint density at radius 3 is 2.53 bits per heavy atom. The molecule has 0 aromatic carbocycles. The molecule has 1 aromatic rings. The summed E-state index contributed by atoms with van der Waals surface area (Å²) in [4.78, 5) is 13.5. The van der Waals surface area contributed by atoms with Gasteiger partial charge in [-0.15, -0.1) is 5.10 Å². The minimum Gasteiger partial charge on any atom is -0.478 e. The van der Waals surface area contributed by atoms with Crippen LogP contribution in [0.5, 0.6) is 0 Å². The maximum atomic E-state index is 11.5. The lowest BCUT2D eigenvalue weighted by atomic mass is 9.85. The molecule has 0 saturated heterocycles. The second-order valence-electron chi connectivity index (χ2n) is 5.25. The highest BCUT2D eigenvalue weighted by molar-refractivity contribution is 5.95. The first-order valence-corrected chi connectivity index (χ1v) is 6.86. The van der Waals surface area contributed by atoms with Crippen molar-refractivity contribution in [2.24, 2.45) is 5.92 Å². The average Bonchev–Trinajstić information content (AvgIpc) is 2.31. The van der Waals surface area contributed by atoms with Crippen LogP contribution in [-0.4, -0.2) is 34.4 Å². The van der Waals surface area contributed by atoms with Gasteiger partial charge < -0.3 is 10.0 Å². The molecule has 1 saturated carbocycles. The Morgan fingerprint density at radius 2 is 2.05 bits per heavy atom. The number of aromatic nitrogens is 2. The van der Waals surface area contributed by atoms with E-state index in [0.29, 0.717) is 28.6 Å². The molecule has 0 aliphatic heterocycles. The van der Waals surface area contributed by atoms with E-state index in [1.165, 1.54) is 19.3 Å². The van der Waals surface area contributed by atoms with E-state index in [-0.39, 0.29) is 0 Å². The minimum atomic E-state index is -0.919. The van der Waals surface area contributed by atoms with Gasteiger partial charge in [0.25, 0.3) is 0 Å². The molecule has 1 heterocycles. The third-order valence-corrected chi connectivity index (χ3v) is 4.03. The average molecular weight is 263 g/mol. The molecule has 1 N–H and O–H groups in total. The van der Waals surface area contributed by atoms with Crippen molar-refractivity contribution in [3.05, 3.63) is 16.8 Å². The van der Waals surface area contributed by atoms with Crippen LogP contribution < -0.4 is 4.90 Å². The van der Waals surface area contributed by atoms with Gasteiger partial charge in [0, 0.05) is 13.1 Å². The molecule has 0 radical (unpaired) electrons. The van der Waals surface area contributed by atoms with Gasteiger partial charge >= 0.3 is 5.97 Å². The number of hydrogen-bond donors (Lipinski definition) is 1. The SMILES string of the molecule is CCN(CC1CCC1)c1nnc(C)c(C)c1C(=O)O. The molecular formula is C14H21N3O2. The molecule has 5 nitrogen and oxygen atoms in total. The summed E-state index contributed by atoms with van der Waals surface area (Å²) in [5, 5.41) is 17.7. The largest absolute Gasteiger partial charge is 0.478 e. The predicted molar refractivity (Wildman–Crippen MR) is 73.7 cm³/mol. The topological polar surface area (TPSA) is 66.3 Å². The van der Waals surface area contributed by atoms with Crippen molar-refractivity contribution in [3.63, 3.8) is 0 Å². The molecular weight excluding hydrogens is 242 g/mol. The van der Waals surface area contributed by atoms with Crippen LogP contribution in [0, 0.1) is 19.8 Å². The molecule has 0 bridgehead atoms. The second kappa shape index (κ2) is 5.55. The summed E-state index contributed by atoms with van der Waals surface area (Å²) >= 11 is 0. The lowest BCUT2D eigenvalue weighted by molar-refractivity contribution is 0.0696. The highest BCUT2D eigenvalue weighted by Gasteiger charge is 2.25. The normalized spacial score (nSPS) is 15.1. The summed E-state index contributed by atoms with van der Waals surface area (Å²) in [5.41, 5.74) is 1.69. The van der Waals surface area contributed by atoms with Gasteiger partial charge in [0.2, 0.25) is 0 Å². The van der Waals surface area contributed by atoms with Crippen molar-refractivity contribution in [2.75, 3.05) is 18.0 Å². The quantitative estimate of drug-likeness (QED) is 0.883. The highest BCUT2D eigenvalue weighted by atomic mass is 16.4. The Balaban J connectivity index is 2.35. The summed E-state index contributed by atoms with van der Waals surface area (Å²) in [6.45, 7) is 7.26. The van der Waals surface area contributed by atoms with E-state index in [2.05, 4.69) is 10.2 Å². The van der Waals surface area contributed by atoms with Gasteiger partial charge in [-0.1, -0.05) is 6.42 Å². The standard InChI is InChI=1S/C14H21N3O2/c1-4-17(8-11-6-5-7-11)13-12(14(18)19)9(2)10(3)15-16-13/h11H,4-8H2,1-3H3,(H,18,19). The lowest BCUT2D eigenvalue weighted by Crippen LogP contribution is -2.34. The lowest BCUT2D eigenvalue weighted by Gasteiger charge is -2.33. The van der Waals surface area contributed by atoms with Crippen LogP contribution in [0.2, 0.25) is 0 Å². The summed E-state index contributed by atoms with van der Waals surface area (Å²) in [6, 6.07) is 0. The maximum Gasteiger partial charge on any atom is 0.339 e. The monoisotopic (exact) mass is 263 g/mol. The molecule has 19 heavy (non-hydrogen) atoms. The van der Waals surface area contributed by atoms with Crippen LogP contribution in [0.1, 0.15) is 47.8 Å². The molecule has 0 amide bonds. The number of carboxylic acids is 1. The zero-order valence-electron chi connectivity index (χ0n) is 11.8. The number of rotatable bonds is 5. The summed E-state index contributed by atoms with van der Waals surface area (Å²) in [5.74, 6) is 0.271. The number of aryl methyl sites for hydroxylation is 1. The first-order chi connectivity index (χ1) is 9.04. The van der Waals surface area contributed by atoms with E-state index < -0.39 is 5.97 Å². The Morgan fingerprint density at radius 1 is 1.37 bits per heavy atom. The zero-order chi connectivity index (χ0) is 14.0. The Hall–Kier alpha value is -1.65. The Kier molecular flexibility index (Phi) is 4.02. The van der Waals surface area contributed by atoms with E-state index in [1.54, 1.807) is 13.8 Å². The third-order valence-electron chi connectivity index (χ3n) is 4.03. The van der Waals surface area contributed by atoms with E-state index in [0.717, 1.165) is 13.1 Å². The van der Waals surface area contributed by atoms with Crippen molar-refractivity contribution < 1.29 is 9.90 Å². The maximum absolute atomic E-state index is 11.5. The highest BCUT2D eigenvalue weighted by Crippen LogP contribution is 2.30. The molecule has 0 atom stereocenters. The second-order valence-corrected chi connectivity index (χ2v) is 5.25. The van der Waals surface area contributed by atoms with Crippen LogP contribution in [0.25, 0.3) is 0 Å². The molecule has 1 aliphatic rings. The first-order valence-electron chi connectivity index (χ1n) is 6.86. The van der Waals surface area contributed by atoms with Gasteiger partial charge in [-0.3, -0.25) is 0 Å². The molecule has 1 aliphatic carbocycles. The van der Waals surface area contributed by atoms with Crippen molar-refractivity contribution in [2.45, 2.75) is 40.0 Å². The fourth-order valence-corrected chi connectivity index (χ4v) is 2.43. The van der Waals surface area contributed by atoms with Gasteiger partial charge in [-0.25, -0.2) is 4.79 Å². The van der Waals surface area contributed by atoms with E-state index >= 15 is 0 Å². The van der Waals surface area contributed by atoms with Gasteiger partial charge in [-0.05, 0) is 45.1 Å². The Labute approximate surface area is 113 Å². The fourth-order valence-electron chi connectivity index (χ4n) is 2.43. The van der Waals surface area contributed by atoms with Crippen LogP contribution in [0.4, 0.5) is 5.82 Å². The van der Waals surface area contributed by atoms with Crippen LogP contribution in [0.15, 0.2) is 0 Å². The zero-order valence-corrected chi connectivity index (χ0v) is 11.8. The van der Waals surface area contributed by atoms with E-state index in [4.69, 9.17) is 0 Å². The van der Waals surface area contributed by atoms with Crippen LogP contribution in [0.3, 0.4) is 0 Å².